The lowest BCUT2D eigenvalue weighted by Crippen LogP contribution is -2.35. The highest BCUT2D eigenvalue weighted by Gasteiger charge is 2.14. The maximum absolute atomic E-state index is 3.58. The van der Waals surface area contributed by atoms with Crippen LogP contribution < -0.4 is 5.32 Å². The lowest BCUT2D eigenvalue weighted by molar-refractivity contribution is 0.424. The molecule has 0 unspecified atom stereocenters. The van der Waals surface area contributed by atoms with Crippen molar-refractivity contribution in [2.75, 3.05) is 0 Å². The van der Waals surface area contributed by atoms with Crippen LogP contribution in [0, 0.1) is 20.8 Å². The Hall–Kier alpha value is -1.28. The lowest BCUT2D eigenvalue weighted by atomic mass is 10.0. The first-order valence-corrected chi connectivity index (χ1v) is 6.61. The highest BCUT2D eigenvalue weighted by Crippen LogP contribution is 2.26. The third kappa shape index (κ3) is 2.59. The van der Waals surface area contributed by atoms with Gasteiger partial charge in [-0.25, -0.2) is 0 Å². The number of H-pyrrole nitrogens is 1. The van der Waals surface area contributed by atoms with Gasteiger partial charge in [-0.3, -0.25) is 0 Å². The summed E-state index contributed by atoms with van der Waals surface area (Å²) in [6.07, 6.45) is 0. The predicted molar refractivity (Wildman–Crippen MR) is 79.1 cm³/mol. The highest BCUT2D eigenvalue weighted by molar-refractivity contribution is 5.87. The van der Waals surface area contributed by atoms with Crippen molar-refractivity contribution in [3.63, 3.8) is 0 Å². The van der Waals surface area contributed by atoms with E-state index < -0.39 is 0 Å². The van der Waals surface area contributed by atoms with Crippen molar-refractivity contribution >= 4 is 10.9 Å². The van der Waals surface area contributed by atoms with Gasteiger partial charge < -0.3 is 10.3 Å². The van der Waals surface area contributed by atoms with E-state index in [0.717, 1.165) is 6.54 Å². The molecule has 18 heavy (non-hydrogen) atoms. The number of aromatic amines is 1. The summed E-state index contributed by atoms with van der Waals surface area (Å²) in [6.45, 7) is 14.0. The number of benzene rings is 1. The standard InChI is InChI=1S/C16H24N2/c1-10-7-11(2)15-13(8-10)14(12(3)18-15)9-17-16(4,5)6/h7-8,17-18H,9H2,1-6H3. The fourth-order valence-electron chi connectivity index (χ4n) is 2.42. The zero-order valence-electron chi connectivity index (χ0n) is 12.4. The van der Waals surface area contributed by atoms with Crippen molar-refractivity contribution in [2.45, 2.75) is 53.6 Å². The third-order valence-corrected chi connectivity index (χ3v) is 3.37. The monoisotopic (exact) mass is 244 g/mol. The topological polar surface area (TPSA) is 27.8 Å². The molecule has 0 saturated heterocycles. The quantitative estimate of drug-likeness (QED) is 0.821. The first kappa shape index (κ1) is 13.2. The van der Waals surface area contributed by atoms with Gasteiger partial charge in [0.15, 0.2) is 0 Å². The Kier molecular flexibility index (Phi) is 3.24. The van der Waals surface area contributed by atoms with Crippen molar-refractivity contribution < 1.29 is 0 Å². The molecule has 98 valence electrons. The van der Waals surface area contributed by atoms with Crippen molar-refractivity contribution in [1.29, 1.82) is 0 Å². The van der Waals surface area contributed by atoms with Gasteiger partial charge in [-0.05, 0) is 58.7 Å². The molecule has 0 fully saturated rings. The van der Waals surface area contributed by atoms with Crippen LogP contribution in [0.5, 0.6) is 0 Å². The van der Waals surface area contributed by atoms with Crippen LogP contribution in [-0.4, -0.2) is 10.5 Å². The minimum Gasteiger partial charge on any atom is -0.358 e. The Morgan fingerprint density at radius 1 is 1.11 bits per heavy atom. The fraction of sp³-hybridized carbons (Fsp3) is 0.500. The third-order valence-electron chi connectivity index (χ3n) is 3.37. The Morgan fingerprint density at radius 2 is 1.78 bits per heavy atom. The molecule has 1 aromatic carbocycles. The average molecular weight is 244 g/mol. The Bertz CT molecular complexity index is 571. The van der Waals surface area contributed by atoms with Gasteiger partial charge in [0.1, 0.15) is 0 Å². The van der Waals surface area contributed by atoms with Gasteiger partial charge in [-0.15, -0.1) is 0 Å². The molecule has 1 heterocycles. The second kappa shape index (κ2) is 4.43. The van der Waals surface area contributed by atoms with E-state index in [1.54, 1.807) is 0 Å². The van der Waals surface area contributed by atoms with E-state index in [0.29, 0.717) is 0 Å². The molecule has 0 atom stereocenters. The van der Waals surface area contributed by atoms with Crippen molar-refractivity contribution in [3.8, 4) is 0 Å². The van der Waals surface area contributed by atoms with Gasteiger partial charge in [-0.2, -0.15) is 0 Å². The van der Waals surface area contributed by atoms with E-state index in [-0.39, 0.29) is 5.54 Å². The van der Waals surface area contributed by atoms with Gasteiger partial charge in [0, 0.05) is 28.7 Å². The van der Waals surface area contributed by atoms with Crippen LogP contribution in [0.3, 0.4) is 0 Å². The SMILES string of the molecule is Cc1cc(C)c2[nH]c(C)c(CNC(C)(C)C)c2c1. The van der Waals surface area contributed by atoms with Crippen molar-refractivity contribution in [1.82, 2.24) is 10.3 Å². The summed E-state index contributed by atoms with van der Waals surface area (Å²) in [6, 6.07) is 4.52. The van der Waals surface area contributed by atoms with Gasteiger partial charge >= 0.3 is 0 Å². The molecular weight excluding hydrogens is 220 g/mol. The molecule has 2 rings (SSSR count). The van der Waals surface area contributed by atoms with Crippen molar-refractivity contribution in [3.05, 3.63) is 34.5 Å². The average Bonchev–Trinajstić information content (AvgIpc) is 2.51. The van der Waals surface area contributed by atoms with Gasteiger partial charge in [0.25, 0.3) is 0 Å². The van der Waals surface area contributed by atoms with E-state index in [1.807, 2.05) is 0 Å². The van der Waals surface area contributed by atoms with Gasteiger partial charge in [0.2, 0.25) is 0 Å². The van der Waals surface area contributed by atoms with Gasteiger partial charge in [-0.1, -0.05) is 11.6 Å². The Labute approximate surface area is 110 Å². The summed E-state index contributed by atoms with van der Waals surface area (Å²) in [4.78, 5) is 3.52. The normalized spacial score (nSPS) is 12.3. The van der Waals surface area contributed by atoms with Crippen LogP contribution in [0.25, 0.3) is 10.9 Å². The van der Waals surface area contributed by atoms with Gasteiger partial charge in [0.05, 0.1) is 0 Å². The molecule has 0 aliphatic carbocycles. The van der Waals surface area contributed by atoms with E-state index >= 15 is 0 Å². The Balaban J connectivity index is 2.47. The molecule has 0 aliphatic rings. The summed E-state index contributed by atoms with van der Waals surface area (Å²) in [7, 11) is 0. The number of aromatic nitrogens is 1. The van der Waals surface area contributed by atoms with Crippen LogP contribution in [0.2, 0.25) is 0 Å². The number of hydrogen-bond donors (Lipinski definition) is 2. The Morgan fingerprint density at radius 3 is 2.39 bits per heavy atom. The van der Waals surface area contributed by atoms with Crippen molar-refractivity contribution in [2.24, 2.45) is 0 Å². The molecule has 0 radical (unpaired) electrons. The first-order chi connectivity index (χ1) is 8.28. The number of hydrogen-bond acceptors (Lipinski definition) is 1. The largest absolute Gasteiger partial charge is 0.358 e. The molecule has 2 N–H and O–H groups in total. The molecule has 0 spiro atoms. The van der Waals surface area contributed by atoms with E-state index in [9.17, 15) is 0 Å². The molecule has 0 aliphatic heterocycles. The summed E-state index contributed by atoms with van der Waals surface area (Å²) in [5.74, 6) is 0. The minimum atomic E-state index is 0.148. The number of aryl methyl sites for hydroxylation is 3. The molecular formula is C16H24N2. The number of fused-ring (bicyclic) bond motifs is 1. The zero-order valence-corrected chi connectivity index (χ0v) is 12.4. The minimum absolute atomic E-state index is 0.148. The number of nitrogens with one attached hydrogen (secondary N) is 2. The smallest absolute Gasteiger partial charge is 0.0489 e. The highest BCUT2D eigenvalue weighted by atomic mass is 14.9. The molecule has 2 heteroatoms. The molecule has 0 bridgehead atoms. The predicted octanol–water partition coefficient (Wildman–Crippen LogP) is 3.98. The first-order valence-electron chi connectivity index (χ1n) is 6.61. The summed E-state index contributed by atoms with van der Waals surface area (Å²) in [5.41, 5.74) is 6.76. The van der Waals surface area contributed by atoms with E-state index in [2.05, 4.69) is 64.0 Å². The van der Waals surface area contributed by atoms with Crippen LogP contribution in [0.15, 0.2) is 12.1 Å². The summed E-state index contributed by atoms with van der Waals surface area (Å²) < 4.78 is 0. The lowest BCUT2D eigenvalue weighted by Gasteiger charge is -2.20. The molecule has 0 saturated carbocycles. The molecule has 1 aromatic heterocycles. The molecule has 2 nitrogen and oxygen atoms in total. The van der Waals surface area contributed by atoms with Crippen LogP contribution in [0.1, 0.15) is 43.2 Å². The number of rotatable bonds is 2. The van der Waals surface area contributed by atoms with E-state index in [1.165, 1.54) is 33.3 Å². The fourth-order valence-corrected chi connectivity index (χ4v) is 2.42. The van der Waals surface area contributed by atoms with Crippen LogP contribution in [-0.2, 0) is 6.54 Å². The summed E-state index contributed by atoms with van der Waals surface area (Å²) >= 11 is 0. The summed E-state index contributed by atoms with van der Waals surface area (Å²) in [5, 5.41) is 4.94. The maximum atomic E-state index is 3.58. The molecule has 0 amide bonds. The van der Waals surface area contributed by atoms with Crippen LogP contribution in [0.4, 0.5) is 0 Å². The maximum Gasteiger partial charge on any atom is 0.0489 e. The van der Waals surface area contributed by atoms with E-state index in [4.69, 9.17) is 0 Å². The molecule has 2 aromatic rings. The zero-order chi connectivity index (χ0) is 13.5. The van der Waals surface area contributed by atoms with Crippen LogP contribution >= 0.6 is 0 Å². The second-order valence-corrected chi connectivity index (χ2v) is 6.34. The second-order valence-electron chi connectivity index (χ2n) is 6.34.